The fraction of sp³-hybridized carbons (Fsp3) is 0.625. The molecule has 1 saturated carbocycles. The highest BCUT2D eigenvalue weighted by Gasteiger charge is 2.51. The van der Waals surface area contributed by atoms with Crippen molar-refractivity contribution in [1.29, 1.82) is 0 Å². The highest BCUT2D eigenvalue weighted by atomic mass is 16.5. The van der Waals surface area contributed by atoms with Gasteiger partial charge in [-0.1, -0.05) is 0 Å². The number of hydroxylamine groups is 1. The van der Waals surface area contributed by atoms with Crippen molar-refractivity contribution < 1.29 is 14.7 Å². The number of nitrogens with zero attached hydrogens (tertiary/aromatic N) is 2. The average molecular weight is 303 g/mol. The summed E-state index contributed by atoms with van der Waals surface area (Å²) in [5.74, 6) is -0.501. The molecule has 6 heteroatoms. The van der Waals surface area contributed by atoms with E-state index in [1.54, 1.807) is 11.7 Å². The molecular weight excluding hydrogens is 282 g/mol. The maximum Gasteiger partial charge on any atom is 0.276 e. The lowest BCUT2D eigenvalue weighted by atomic mass is 9.63. The van der Waals surface area contributed by atoms with Crippen molar-refractivity contribution in [3.8, 4) is 0 Å². The number of carbonyl (C=O) groups excluding carboxylic acids is 1. The number of nitrogens with one attached hydrogen (secondary N) is 1. The van der Waals surface area contributed by atoms with Crippen LogP contribution in [0.3, 0.4) is 0 Å². The number of hydrogen-bond acceptors (Lipinski definition) is 5. The molecule has 22 heavy (non-hydrogen) atoms. The molecule has 0 aromatic carbocycles. The molecule has 0 unspecified atom stereocenters. The molecule has 0 radical (unpaired) electrons. The molecule has 3 aliphatic rings. The summed E-state index contributed by atoms with van der Waals surface area (Å²) in [4.78, 5) is 18.5. The summed E-state index contributed by atoms with van der Waals surface area (Å²) in [6.07, 6.45) is 6.17. The summed E-state index contributed by atoms with van der Waals surface area (Å²) in [5, 5.41) is 8.72. The number of rotatable bonds is 2. The van der Waals surface area contributed by atoms with Crippen LogP contribution in [0.1, 0.15) is 40.9 Å². The monoisotopic (exact) mass is 303 g/mol. The van der Waals surface area contributed by atoms with E-state index in [1.807, 2.05) is 6.07 Å². The smallest absolute Gasteiger partial charge is 0.276 e. The molecule has 4 rings (SSSR count). The first-order chi connectivity index (χ1) is 10.7. The Balaban J connectivity index is 1.51. The average Bonchev–Trinajstić information content (AvgIpc) is 3.05. The highest BCUT2D eigenvalue weighted by Crippen LogP contribution is 2.50. The van der Waals surface area contributed by atoms with Crippen LogP contribution in [0.15, 0.2) is 12.3 Å². The van der Waals surface area contributed by atoms with Crippen LogP contribution < -0.4 is 5.48 Å². The molecule has 118 valence electrons. The van der Waals surface area contributed by atoms with Crippen LogP contribution in [0, 0.1) is 5.41 Å². The lowest BCUT2D eigenvalue weighted by Crippen LogP contribution is -2.56. The van der Waals surface area contributed by atoms with E-state index in [4.69, 9.17) is 9.94 Å². The van der Waals surface area contributed by atoms with E-state index >= 15 is 0 Å². The predicted octanol–water partition coefficient (Wildman–Crippen LogP) is 1.13. The van der Waals surface area contributed by atoms with Crippen molar-refractivity contribution in [1.82, 2.24) is 15.4 Å². The fourth-order valence-electron chi connectivity index (χ4n) is 4.22. The van der Waals surface area contributed by atoms with E-state index in [-0.39, 0.29) is 0 Å². The number of carbonyl (C=O) groups is 1. The van der Waals surface area contributed by atoms with Crippen LogP contribution in [-0.2, 0) is 17.7 Å². The fourth-order valence-corrected chi connectivity index (χ4v) is 4.22. The van der Waals surface area contributed by atoms with Crippen LogP contribution in [0.5, 0.6) is 0 Å². The Kier molecular flexibility index (Phi) is 3.40. The third kappa shape index (κ3) is 2.14. The number of hydrogen-bond donors (Lipinski definition) is 2. The normalized spacial score (nSPS) is 30.9. The summed E-state index contributed by atoms with van der Waals surface area (Å²) in [6.45, 7) is 3.66. The van der Waals surface area contributed by atoms with E-state index in [9.17, 15) is 4.79 Å². The lowest BCUT2D eigenvalue weighted by molar-refractivity contribution is -0.0393. The van der Waals surface area contributed by atoms with Gasteiger partial charge in [0, 0.05) is 37.4 Å². The summed E-state index contributed by atoms with van der Waals surface area (Å²) in [6, 6.07) is 2.46. The Morgan fingerprint density at radius 3 is 3.09 bits per heavy atom. The SMILES string of the molecule is O=C(NO)c1cnc2c(c1)CCN([C@@H]1CC[C@]13CCOC3)C2. The molecule has 1 aromatic rings. The van der Waals surface area contributed by atoms with Gasteiger partial charge in [-0.15, -0.1) is 0 Å². The molecule has 1 amide bonds. The van der Waals surface area contributed by atoms with Gasteiger partial charge in [-0.05, 0) is 37.3 Å². The number of fused-ring (bicyclic) bond motifs is 1. The van der Waals surface area contributed by atoms with Crippen molar-refractivity contribution >= 4 is 5.91 Å². The van der Waals surface area contributed by atoms with Crippen molar-refractivity contribution in [2.45, 2.75) is 38.3 Å². The van der Waals surface area contributed by atoms with Crippen molar-refractivity contribution in [3.05, 3.63) is 29.1 Å². The molecule has 2 aliphatic heterocycles. The second-order valence-corrected chi connectivity index (χ2v) is 6.71. The largest absolute Gasteiger partial charge is 0.381 e. The zero-order valence-electron chi connectivity index (χ0n) is 12.5. The summed E-state index contributed by atoms with van der Waals surface area (Å²) < 4.78 is 5.64. The van der Waals surface area contributed by atoms with Crippen molar-refractivity contribution in [2.24, 2.45) is 5.41 Å². The van der Waals surface area contributed by atoms with Gasteiger partial charge < -0.3 is 4.74 Å². The predicted molar refractivity (Wildman–Crippen MR) is 78.5 cm³/mol. The van der Waals surface area contributed by atoms with Crippen LogP contribution in [0.4, 0.5) is 0 Å². The number of pyridine rings is 1. The minimum atomic E-state index is -0.501. The molecule has 1 aliphatic carbocycles. The summed E-state index contributed by atoms with van der Waals surface area (Å²) in [5.41, 5.74) is 4.64. The quantitative estimate of drug-likeness (QED) is 0.633. The number of amides is 1. The molecular formula is C16H21N3O3. The van der Waals surface area contributed by atoms with Crippen LogP contribution in [-0.4, -0.2) is 46.8 Å². The van der Waals surface area contributed by atoms with Gasteiger partial charge in [-0.3, -0.25) is 19.9 Å². The van der Waals surface area contributed by atoms with Gasteiger partial charge in [0.2, 0.25) is 0 Å². The third-order valence-corrected chi connectivity index (χ3v) is 5.64. The first kappa shape index (κ1) is 14.1. The minimum absolute atomic E-state index is 0.383. The molecule has 3 heterocycles. The molecule has 2 fully saturated rings. The molecule has 2 N–H and O–H groups in total. The molecule has 1 aromatic heterocycles. The second-order valence-electron chi connectivity index (χ2n) is 6.71. The van der Waals surface area contributed by atoms with Gasteiger partial charge in [-0.25, -0.2) is 5.48 Å². The van der Waals surface area contributed by atoms with E-state index < -0.39 is 5.91 Å². The number of aromatic nitrogens is 1. The Labute approximate surface area is 129 Å². The summed E-state index contributed by atoms with van der Waals surface area (Å²) in [7, 11) is 0. The van der Waals surface area contributed by atoms with E-state index in [0.717, 1.165) is 44.0 Å². The first-order valence-electron chi connectivity index (χ1n) is 7.96. The van der Waals surface area contributed by atoms with Crippen molar-refractivity contribution in [3.63, 3.8) is 0 Å². The van der Waals surface area contributed by atoms with Gasteiger partial charge in [-0.2, -0.15) is 0 Å². The van der Waals surface area contributed by atoms with Gasteiger partial charge in [0.25, 0.3) is 5.91 Å². The maximum atomic E-state index is 11.5. The first-order valence-corrected chi connectivity index (χ1v) is 7.96. The topological polar surface area (TPSA) is 74.7 Å². The Hall–Kier alpha value is -1.50. The molecule has 1 spiro atoms. The van der Waals surface area contributed by atoms with Gasteiger partial charge in [0.05, 0.1) is 17.9 Å². The van der Waals surface area contributed by atoms with Crippen molar-refractivity contribution in [2.75, 3.05) is 19.8 Å². The van der Waals surface area contributed by atoms with Gasteiger partial charge in [0.15, 0.2) is 0 Å². The molecule has 6 nitrogen and oxygen atoms in total. The lowest BCUT2D eigenvalue weighted by Gasteiger charge is -2.52. The standard InChI is InChI=1S/C16H21N3O3/c20-15(18-21)12-7-11-2-5-19(9-13(11)17-8-12)14-1-3-16(14)4-6-22-10-16/h7-8,14,21H,1-6,9-10H2,(H,18,20)/t14-,16-/m1/s1. The molecule has 1 saturated heterocycles. The van der Waals surface area contributed by atoms with Gasteiger partial charge in [0.1, 0.15) is 0 Å². The Morgan fingerprint density at radius 1 is 1.50 bits per heavy atom. The molecule has 0 bridgehead atoms. The van der Waals surface area contributed by atoms with E-state index in [2.05, 4.69) is 9.88 Å². The van der Waals surface area contributed by atoms with E-state index in [0.29, 0.717) is 17.0 Å². The number of ether oxygens (including phenoxy) is 1. The highest BCUT2D eigenvalue weighted by molar-refractivity contribution is 5.93. The second kappa shape index (κ2) is 5.30. The minimum Gasteiger partial charge on any atom is -0.381 e. The maximum absolute atomic E-state index is 11.5. The third-order valence-electron chi connectivity index (χ3n) is 5.64. The summed E-state index contributed by atoms with van der Waals surface area (Å²) >= 11 is 0. The zero-order valence-corrected chi connectivity index (χ0v) is 12.5. The van der Waals surface area contributed by atoms with Crippen LogP contribution in [0.2, 0.25) is 0 Å². The van der Waals surface area contributed by atoms with Crippen LogP contribution in [0.25, 0.3) is 0 Å². The molecule has 2 atom stereocenters. The Bertz CT molecular complexity index is 598. The Morgan fingerprint density at radius 2 is 2.41 bits per heavy atom. The van der Waals surface area contributed by atoms with Gasteiger partial charge >= 0.3 is 0 Å². The van der Waals surface area contributed by atoms with Crippen LogP contribution >= 0.6 is 0 Å². The zero-order chi connectivity index (χ0) is 15.2. The van der Waals surface area contributed by atoms with E-state index in [1.165, 1.54) is 19.3 Å².